The first-order chi connectivity index (χ1) is 10.6. The molecule has 0 aliphatic rings. The van der Waals surface area contributed by atoms with Crippen molar-refractivity contribution in [2.75, 3.05) is 5.32 Å². The molecule has 3 nitrogen and oxygen atoms in total. The van der Waals surface area contributed by atoms with E-state index in [0.29, 0.717) is 0 Å². The van der Waals surface area contributed by atoms with E-state index in [1.165, 1.54) is 10.9 Å². The molecule has 0 fully saturated rings. The van der Waals surface area contributed by atoms with Crippen molar-refractivity contribution in [1.82, 2.24) is 0 Å². The summed E-state index contributed by atoms with van der Waals surface area (Å²) in [6.45, 7) is 3.93. The number of aryl methyl sites for hydroxylation is 1. The summed E-state index contributed by atoms with van der Waals surface area (Å²) in [5.41, 5.74) is 2.00. The second kappa shape index (κ2) is 5.98. The van der Waals surface area contributed by atoms with Gasteiger partial charge in [-0.2, -0.15) is 4.57 Å². The van der Waals surface area contributed by atoms with Gasteiger partial charge in [0.25, 0.3) is 5.91 Å². The lowest BCUT2D eigenvalue weighted by molar-refractivity contribution is -0.704. The SMILES string of the molecule is Cc1ccc(NC(=O)[C@H](C)[n+]2ccc3ccccc3c2)cc1. The van der Waals surface area contributed by atoms with Gasteiger partial charge in [0.1, 0.15) is 0 Å². The lowest BCUT2D eigenvalue weighted by atomic mass is 10.1. The van der Waals surface area contributed by atoms with Gasteiger partial charge in [-0.1, -0.05) is 35.9 Å². The molecule has 0 aliphatic heterocycles. The third kappa shape index (κ3) is 2.98. The number of carbonyl (C=O) groups is 1. The number of carbonyl (C=O) groups excluding carboxylic acids is 1. The van der Waals surface area contributed by atoms with Crippen molar-refractivity contribution in [3.8, 4) is 0 Å². The van der Waals surface area contributed by atoms with Gasteiger partial charge in [-0.15, -0.1) is 0 Å². The second-order valence-electron chi connectivity index (χ2n) is 5.55. The fourth-order valence-electron chi connectivity index (χ4n) is 2.41. The van der Waals surface area contributed by atoms with Gasteiger partial charge in [-0.05, 0) is 30.5 Å². The molecule has 110 valence electrons. The maximum atomic E-state index is 12.4. The maximum Gasteiger partial charge on any atom is 0.293 e. The standard InChI is InChI=1S/C19H18N2O/c1-14-7-9-18(10-8-14)20-19(22)15(2)21-12-11-16-5-3-4-6-17(16)13-21/h3-13,15H,1-2H3/p+1/t15-/m0/s1. The molecule has 0 aliphatic carbocycles. The number of nitrogens with one attached hydrogen (secondary N) is 1. The number of rotatable bonds is 3. The minimum atomic E-state index is -0.272. The Morgan fingerprint density at radius 1 is 1.00 bits per heavy atom. The number of hydrogen-bond acceptors (Lipinski definition) is 1. The molecule has 22 heavy (non-hydrogen) atoms. The van der Waals surface area contributed by atoms with Crippen LogP contribution >= 0.6 is 0 Å². The first-order valence-electron chi connectivity index (χ1n) is 7.40. The molecule has 0 saturated heterocycles. The molecule has 0 bridgehead atoms. The van der Waals surface area contributed by atoms with E-state index < -0.39 is 0 Å². The normalized spacial score (nSPS) is 12.1. The quantitative estimate of drug-likeness (QED) is 0.734. The Hall–Kier alpha value is -2.68. The van der Waals surface area contributed by atoms with Crippen molar-refractivity contribution in [1.29, 1.82) is 0 Å². The van der Waals surface area contributed by atoms with Crippen molar-refractivity contribution in [2.24, 2.45) is 0 Å². The molecule has 0 radical (unpaired) electrons. The zero-order valence-electron chi connectivity index (χ0n) is 12.8. The highest BCUT2D eigenvalue weighted by molar-refractivity contribution is 5.92. The summed E-state index contributed by atoms with van der Waals surface area (Å²) in [5.74, 6) is -0.0239. The fourth-order valence-corrected chi connectivity index (χ4v) is 2.41. The van der Waals surface area contributed by atoms with Crippen molar-refractivity contribution in [3.05, 3.63) is 72.6 Å². The average Bonchev–Trinajstić information content (AvgIpc) is 2.55. The van der Waals surface area contributed by atoms with Gasteiger partial charge in [-0.25, -0.2) is 0 Å². The monoisotopic (exact) mass is 291 g/mol. The number of nitrogens with zero attached hydrogens (tertiary/aromatic N) is 1. The highest BCUT2D eigenvalue weighted by Crippen LogP contribution is 2.13. The van der Waals surface area contributed by atoms with Crippen LogP contribution in [0.1, 0.15) is 18.5 Å². The topological polar surface area (TPSA) is 33.0 Å². The first kappa shape index (κ1) is 14.3. The summed E-state index contributed by atoms with van der Waals surface area (Å²) in [6, 6.07) is 17.7. The number of amides is 1. The molecule has 0 spiro atoms. The van der Waals surface area contributed by atoms with Crippen molar-refractivity contribution < 1.29 is 9.36 Å². The van der Waals surface area contributed by atoms with E-state index in [9.17, 15) is 4.79 Å². The van der Waals surface area contributed by atoms with Crippen LogP contribution in [-0.4, -0.2) is 5.91 Å². The summed E-state index contributed by atoms with van der Waals surface area (Å²) in [4.78, 5) is 12.4. The molecule has 1 atom stereocenters. The number of aromatic nitrogens is 1. The molecule has 3 heteroatoms. The second-order valence-corrected chi connectivity index (χ2v) is 5.55. The summed E-state index contributed by atoms with van der Waals surface area (Å²) >= 11 is 0. The van der Waals surface area contributed by atoms with E-state index in [0.717, 1.165) is 11.1 Å². The van der Waals surface area contributed by atoms with Gasteiger partial charge in [-0.3, -0.25) is 4.79 Å². The summed E-state index contributed by atoms with van der Waals surface area (Å²) in [5, 5.41) is 5.25. The lowest BCUT2D eigenvalue weighted by Crippen LogP contribution is -2.44. The van der Waals surface area contributed by atoms with Crippen LogP contribution in [0.2, 0.25) is 0 Å². The van der Waals surface area contributed by atoms with Gasteiger partial charge in [0.05, 0.1) is 0 Å². The molecule has 1 aromatic heterocycles. The zero-order valence-corrected chi connectivity index (χ0v) is 12.8. The molecular weight excluding hydrogens is 272 g/mol. The third-order valence-electron chi connectivity index (χ3n) is 3.86. The summed E-state index contributed by atoms with van der Waals surface area (Å²) in [7, 11) is 0. The molecule has 2 aromatic carbocycles. The molecule has 1 heterocycles. The smallest absolute Gasteiger partial charge is 0.293 e. The number of pyridine rings is 1. The third-order valence-corrected chi connectivity index (χ3v) is 3.86. The van der Waals surface area contributed by atoms with Gasteiger partial charge >= 0.3 is 0 Å². The summed E-state index contributed by atoms with van der Waals surface area (Å²) < 4.78 is 1.94. The van der Waals surface area contributed by atoms with Crippen molar-refractivity contribution in [2.45, 2.75) is 19.9 Å². The van der Waals surface area contributed by atoms with E-state index >= 15 is 0 Å². The molecule has 1 N–H and O–H groups in total. The predicted octanol–water partition coefficient (Wildman–Crippen LogP) is 3.64. The average molecular weight is 291 g/mol. The Balaban J connectivity index is 1.80. The zero-order chi connectivity index (χ0) is 15.5. The molecule has 1 amide bonds. The maximum absolute atomic E-state index is 12.4. The minimum Gasteiger partial charge on any atom is -0.320 e. The van der Waals surface area contributed by atoms with Crippen LogP contribution in [0.4, 0.5) is 5.69 Å². The molecular formula is C19H19N2O+. The van der Waals surface area contributed by atoms with Crippen LogP contribution in [0.3, 0.4) is 0 Å². The van der Waals surface area contributed by atoms with Crippen LogP contribution in [0.25, 0.3) is 10.8 Å². The van der Waals surface area contributed by atoms with Gasteiger partial charge in [0.2, 0.25) is 6.04 Å². The molecule has 3 rings (SSSR count). The highest BCUT2D eigenvalue weighted by atomic mass is 16.2. The van der Waals surface area contributed by atoms with E-state index in [4.69, 9.17) is 0 Å². The predicted molar refractivity (Wildman–Crippen MR) is 88.7 cm³/mol. The first-order valence-corrected chi connectivity index (χ1v) is 7.40. The largest absolute Gasteiger partial charge is 0.320 e. The van der Waals surface area contributed by atoms with Crippen LogP contribution < -0.4 is 9.88 Å². The number of benzene rings is 2. The molecule has 0 saturated carbocycles. The Morgan fingerprint density at radius 3 is 2.41 bits per heavy atom. The summed E-state index contributed by atoms with van der Waals surface area (Å²) in [6.07, 6.45) is 3.95. The molecule has 0 unspecified atom stereocenters. The Morgan fingerprint density at radius 2 is 1.68 bits per heavy atom. The van der Waals surface area contributed by atoms with Gasteiger partial charge in [0, 0.05) is 24.1 Å². The lowest BCUT2D eigenvalue weighted by Gasteiger charge is -2.09. The van der Waals surface area contributed by atoms with E-state index in [1.54, 1.807) is 0 Å². The highest BCUT2D eigenvalue weighted by Gasteiger charge is 2.22. The Bertz CT molecular complexity index is 809. The van der Waals surface area contributed by atoms with Crippen molar-refractivity contribution >= 4 is 22.4 Å². The van der Waals surface area contributed by atoms with E-state index in [2.05, 4.69) is 17.4 Å². The van der Waals surface area contributed by atoms with Crippen molar-refractivity contribution in [3.63, 3.8) is 0 Å². The number of anilines is 1. The van der Waals surface area contributed by atoms with Gasteiger partial charge < -0.3 is 5.32 Å². The fraction of sp³-hybridized carbons (Fsp3) is 0.158. The van der Waals surface area contributed by atoms with Crippen LogP contribution in [0.5, 0.6) is 0 Å². The van der Waals surface area contributed by atoms with E-state index in [-0.39, 0.29) is 11.9 Å². The number of hydrogen-bond donors (Lipinski definition) is 1. The molecule has 3 aromatic rings. The van der Waals surface area contributed by atoms with Crippen LogP contribution in [0, 0.1) is 6.92 Å². The number of fused-ring (bicyclic) bond motifs is 1. The minimum absolute atomic E-state index is 0.0239. The van der Waals surface area contributed by atoms with Crippen LogP contribution in [-0.2, 0) is 4.79 Å². The Labute approximate surface area is 130 Å². The van der Waals surface area contributed by atoms with Crippen LogP contribution in [0.15, 0.2) is 67.0 Å². The van der Waals surface area contributed by atoms with Gasteiger partial charge in [0.15, 0.2) is 12.4 Å². The Kier molecular flexibility index (Phi) is 3.88. The van der Waals surface area contributed by atoms with E-state index in [1.807, 2.05) is 73.3 Å².